The molecule has 0 unspecified atom stereocenters. The van der Waals surface area contributed by atoms with Crippen molar-refractivity contribution in [2.45, 2.75) is 6.18 Å². The molecule has 0 saturated heterocycles. The van der Waals surface area contributed by atoms with Crippen molar-refractivity contribution in [3.63, 3.8) is 0 Å². The number of benzene rings is 4. The number of hydrogen-bond donors (Lipinski definition) is 1. The largest absolute Gasteiger partial charge is 0.497 e. The van der Waals surface area contributed by atoms with Gasteiger partial charge in [0, 0.05) is 17.2 Å². The topological polar surface area (TPSA) is 103 Å². The van der Waals surface area contributed by atoms with Gasteiger partial charge in [0.2, 0.25) is 5.75 Å². The van der Waals surface area contributed by atoms with Crippen molar-refractivity contribution in [2.24, 2.45) is 5.10 Å². The number of nitrogens with zero attached hydrogens (tertiary/aromatic N) is 2. The normalized spacial score (nSPS) is 11.5. The number of hydrogen-bond acceptors (Lipinski definition) is 6. The van der Waals surface area contributed by atoms with Gasteiger partial charge >= 0.3 is 11.9 Å². The Morgan fingerprint density at radius 1 is 1.00 bits per heavy atom. The fraction of sp³-hybridized carbons (Fsp3) is 0.0769. The summed E-state index contributed by atoms with van der Waals surface area (Å²) in [5.41, 5.74) is 1.02. The molecule has 8 nitrogen and oxygen atoms in total. The Balaban J connectivity index is 1.62. The summed E-state index contributed by atoms with van der Waals surface area (Å²) in [5, 5.41) is 17.0. The number of nitro groups is 1. The minimum absolute atomic E-state index is 0.0341. The standard InChI is InChI=1S/C26H18F3N3O5/c1-36-19-10-12-23(37-24-11-9-18(26(27,28)29)14-22(24)32(34)35)17(13-19)15-30-31-25(33)21-8-4-6-16-5-2-3-7-20(16)21/h2-15H,1H3,(H,31,33)/b30-15-. The summed E-state index contributed by atoms with van der Waals surface area (Å²) in [6.07, 6.45) is -3.53. The number of fused-ring (bicyclic) bond motifs is 1. The average molecular weight is 509 g/mol. The minimum atomic E-state index is -4.76. The van der Waals surface area contributed by atoms with Crippen molar-refractivity contribution in [1.29, 1.82) is 0 Å². The first-order valence-electron chi connectivity index (χ1n) is 10.7. The Bertz CT molecular complexity index is 1510. The van der Waals surface area contributed by atoms with E-state index in [4.69, 9.17) is 9.47 Å². The molecule has 0 aliphatic heterocycles. The highest BCUT2D eigenvalue weighted by Crippen LogP contribution is 2.38. The number of hydrazone groups is 1. The molecule has 188 valence electrons. The Kier molecular flexibility index (Phi) is 7.05. The highest BCUT2D eigenvalue weighted by Gasteiger charge is 2.33. The molecule has 0 aliphatic rings. The van der Waals surface area contributed by atoms with Crippen LogP contribution in [0.4, 0.5) is 18.9 Å². The van der Waals surface area contributed by atoms with Gasteiger partial charge in [-0.05, 0) is 47.2 Å². The van der Waals surface area contributed by atoms with Crippen LogP contribution in [-0.4, -0.2) is 24.2 Å². The maximum absolute atomic E-state index is 13.0. The zero-order valence-electron chi connectivity index (χ0n) is 19.2. The van der Waals surface area contributed by atoms with Crippen LogP contribution in [0.2, 0.25) is 0 Å². The molecule has 0 radical (unpaired) electrons. The lowest BCUT2D eigenvalue weighted by Crippen LogP contribution is -2.18. The summed E-state index contributed by atoms with van der Waals surface area (Å²) in [6.45, 7) is 0. The van der Waals surface area contributed by atoms with Crippen LogP contribution in [0, 0.1) is 10.1 Å². The maximum atomic E-state index is 13.0. The van der Waals surface area contributed by atoms with E-state index in [0.717, 1.165) is 16.8 Å². The van der Waals surface area contributed by atoms with Crippen molar-refractivity contribution < 1.29 is 32.4 Å². The molecule has 11 heteroatoms. The number of alkyl halides is 3. The predicted octanol–water partition coefficient (Wildman–Crippen LogP) is 6.33. The van der Waals surface area contributed by atoms with E-state index in [2.05, 4.69) is 10.5 Å². The van der Waals surface area contributed by atoms with Gasteiger partial charge in [0.05, 0.1) is 23.8 Å². The third-order valence-corrected chi connectivity index (χ3v) is 5.32. The zero-order chi connectivity index (χ0) is 26.6. The van der Waals surface area contributed by atoms with Crippen LogP contribution in [0.5, 0.6) is 17.2 Å². The second-order valence-corrected chi connectivity index (χ2v) is 7.67. The van der Waals surface area contributed by atoms with Crippen LogP contribution in [0.1, 0.15) is 21.5 Å². The zero-order valence-corrected chi connectivity index (χ0v) is 19.2. The number of nitro benzene ring substituents is 1. The Morgan fingerprint density at radius 3 is 2.46 bits per heavy atom. The highest BCUT2D eigenvalue weighted by molar-refractivity contribution is 6.07. The lowest BCUT2D eigenvalue weighted by atomic mass is 10.0. The lowest BCUT2D eigenvalue weighted by Gasteiger charge is -2.12. The Labute approximate surface area is 208 Å². The van der Waals surface area contributed by atoms with Crippen LogP contribution in [0.15, 0.2) is 84.0 Å². The van der Waals surface area contributed by atoms with E-state index in [9.17, 15) is 28.1 Å². The fourth-order valence-corrected chi connectivity index (χ4v) is 3.53. The number of rotatable bonds is 7. The molecule has 4 aromatic carbocycles. The number of carbonyl (C=O) groups is 1. The van der Waals surface area contributed by atoms with Crippen LogP contribution >= 0.6 is 0 Å². The first-order chi connectivity index (χ1) is 17.7. The molecule has 0 heterocycles. The summed E-state index contributed by atoms with van der Waals surface area (Å²) >= 11 is 0. The number of nitrogens with one attached hydrogen (secondary N) is 1. The van der Waals surface area contributed by atoms with Crippen molar-refractivity contribution >= 4 is 28.6 Å². The van der Waals surface area contributed by atoms with Crippen LogP contribution < -0.4 is 14.9 Å². The van der Waals surface area contributed by atoms with Gasteiger partial charge in [0.1, 0.15) is 11.5 Å². The first kappa shape index (κ1) is 25.2. The molecule has 0 atom stereocenters. The number of halogens is 3. The molecular formula is C26H18F3N3O5. The highest BCUT2D eigenvalue weighted by atomic mass is 19.4. The summed E-state index contributed by atoms with van der Waals surface area (Å²) in [4.78, 5) is 23.2. The lowest BCUT2D eigenvalue weighted by molar-refractivity contribution is -0.385. The van der Waals surface area contributed by atoms with E-state index in [-0.39, 0.29) is 11.3 Å². The van der Waals surface area contributed by atoms with Gasteiger partial charge in [0.15, 0.2) is 0 Å². The third kappa shape index (κ3) is 5.67. The van der Waals surface area contributed by atoms with Gasteiger partial charge in [-0.1, -0.05) is 36.4 Å². The van der Waals surface area contributed by atoms with Gasteiger partial charge in [-0.2, -0.15) is 18.3 Å². The maximum Gasteiger partial charge on any atom is 0.416 e. The molecule has 4 aromatic rings. The van der Waals surface area contributed by atoms with Crippen LogP contribution in [0.3, 0.4) is 0 Å². The summed E-state index contributed by atoms with van der Waals surface area (Å²) in [5.74, 6) is -0.461. The fourth-order valence-electron chi connectivity index (χ4n) is 3.53. The number of amides is 1. The van der Waals surface area contributed by atoms with E-state index >= 15 is 0 Å². The first-order valence-corrected chi connectivity index (χ1v) is 10.7. The van der Waals surface area contributed by atoms with Crippen molar-refractivity contribution in [1.82, 2.24) is 5.43 Å². The smallest absolute Gasteiger partial charge is 0.416 e. The van der Waals surface area contributed by atoms with Crippen molar-refractivity contribution in [3.05, 3.63) is 106 Å². The predicted molar refractivity (Wildman–Crippen MR) is 130 cm³/mol. The van der Waals surface area contributed by atoms with Crippen LogP contribution in [0.25, 0.3) is 10.8 Å². The summed E-state index contributed by atoms with van der Waals surface area (Å²) in [7, 11) is 1.42. The molecule has 37 heavy (non-hydrogen) atoms. The van der Waals surface area contributed by atoms with Gasteiger partial charge in [-0.3, -0.25) is 14.9 Å². The summed E-state index contributed by atoms with van der Waals surface area (Å²) in [6, 6.07) is 18.9. The average Bonchev–Trinajstić information content (AvgIpc) is 2.88. The number of ether oxygens (including phenoxy) is 2. The molecular weight excluding hydrogens is 491 g/mol. The van der Waals surface area contributed by atoms with E-state index in [1.165, 1.54) is 31.5 Å². The van der Waals surface area contributed by atoms with Crippen LogP contribution in [-0.2, 0) is 6.18 Å². The monoisotopic (exact) mass is 509 g/mol. The Morgan fingerprint density at radius 2 is 1.73 bits per heavy atom. The SMILES string of the molecule is COc1ccc(Oc2ccc(C(F)(F)F)cc2[N+](=O)[O-])c(/C=N\NC(=O)c2cccc3ccccc23)c1. The van der Waals surface area contributed by atoms with Gasteiger partial charge < -0.3 is 9.47 Å². The van der Waals surface area contributed by atoms with E-state index in [1.54, 1.807) is 18.2 Å². The van der Waals surface area contributed by atoms with Crippen molar-refractivity contribution in [3.8, 4) is 17.2 Å². The van der Waals surface area contributed by atoms with E-state index in [0.29, 0.717) is 23.4 Å². The minimum Gasteiger partial charge on any atom is -0.497 e. The Hall–Kier alpha value is -4.93. The molecule has 0 aliphatic carbocycles. The molecule has 0 bridgehead atoms. The van der Waals surface area contributed by atoms with E-state index in [1.807, 2.05) is 24.3 Å². The molecule has 1 amide bonds. The molecule has 0 saturated carbocycles. The van der Waals surface area contributed by atoms with E-state index < -0.39 is 34.0 Å². The molecule has 0 fully saturated rings. The van der Waals surface area contributed by atoms with Gasteiger partial charge in [-0.25, -0.2) is 5.43 Å². The molecule has 1 N–H and O–H groups in total. The second kappa shape index (κ2) is 10.4. The quantitative estimate of drug-likeness (QED) is 0.178. The molecule has 0 aromatic heterocycles. The molecule has 0 spiro atoms. The second-order valence-electron chi connectivity index (χ2n) is 7.67. The summed E-state index contributed by atoms with van der Waals surface area (Å²) < 4.78 is 49.8. The number of methoxy groups -OCH3 is 1. The van der Waals surface area contributed by atoms with Gasteiger partial charge in [0.25, 0.3) is 5.91 Å². The van der Waals surface area contributed by atoms with Crippen molar-refractivity contribution in [2.75, 3.05) is 7.11 Å². The number of carbonyl (C=O) groups excluding carboxylic acids is 1. The third-order valence-electron chi connectivity index (χ3n) is 5.32. The molecule has 4 rings (SSSR count). The van der Waals surface area contributed by atoms with Gasteiger partial charge in [-0.15, -0.1) is 0 Å².